The number of nitriles is 1. The number of hydrogen-bond donors (Lipinski definition) is 0. The van der Waals surface area contributed by atoms with Gasteiger partial charge in [0.05, 0.1) is 17.6 Å². The fraction of sp³-hybridized carbons (Fsp3) is 0.300. The average molecular weight is 381 g/mol. The Morgan fingerprint density at radius 2 is 2.19 bits per heavy atom. The zero-order chi connectivity index (χ0) is 19.0. The molecule has 0 radical (unpaired) electrons. The van der Waals surface area contributed by atoms with E-state index in [9.17, 15) is 8.42 Å². The summed E-state index contributed by atoms with van der Waals surface area (Å²) < 4.78 is 32.8. The summed E-state index contributed by atoms with van der Waals surface area (Å²) in [7, 11) is -3.59. The molecule has 3 aliphatic heterocycles. The van der Waals surface area contributed by atoms with E-state index in [1.54, 1.807) is 30.6 Å². The van der Waals surface area contributed by atoms with Gasteiger partial charge in [-0.15, -0.1) is 0 Å². The fourth-order valence-corrected chi connectivity index (χ4v) is 4.83. The minimum Gasteiger partial charge on any atom is -0.493 e. The molecule has 0 saturated heterocycles. The second kappa shape index (κ2) is 6.71. The molecular formula is C20H19N3O3S. The van der Waals surface area contributed by atoms with Gasteiger partial charge in [0, 0.05) is 25.4 Å². The Hall–Kier alpha value is -2.85. The van der Waals surface area contributed by atoms with Crippen LogP contribution in [0.1, 0.15) is 18.9 Å². The lowest BCUT2D eigenvalue weighted by Crippen LogP contribution is -2.29. The predicted molar refractivity (Wildman–Crippen MR) is 102 cm³/mol. The number of rotatable bonds is 2. The fourth-order valence-electron chi connectivity index (χ4n) is 3.48. The number of ether oxygens (including phenoxy) is 1. The molecule has 0 N–H and O–H groups in total. The summed E-state index contributed by atoms with van der Waals surface area (Å²) in [5.74, 6) is 0.768. The van der Waals surface area contributed by atoms with Crippen molar-refractivity contribution >= 4 is 16.2 Å². The van der Waals surface area contributed by atoms with Gasteiger partial charge in [0.25, 0.3) is 10.0 Å². The molecule has 3 heterocycles. The van der Waals surface area contributed by atoms with Gasteiger partial charge in [-0.3, -0.25) is 9.30 Å². The molecule has 1 aromatic rings. The third-order valence-electron chi connectivity index (χ3n) is 4.99. The molecule has 3 aliphatic rings. The highest BCUT2D eigenvalue weighted by Gasteiger charge is 2.26. The lowest BCUT2D eigenvalue weighted by atomic mass is 9.95. The molecule has 0 saturated carbocycles. The van der Waals surface area contributed by atoms with Crippen LogP contribution in [0.3, 0.4) is 0 Å². The smallest absolute Gasteiger partial charge is 0.263 e. The van der Waals surface area contributed by atoms with Crippen molar-refractivity contribution in [2.75, 3.05) is 13.2 Å². The number of allylic oxidation sites excluding steroid dienone is 3. The van der Waals surface area contributed by atoms with Gasteiger partial charge in [0.15, 0.2) is 6.04 Å². The van der Waals surface area contributed by atoms with Gasteiger partial charge in [0.1, 0.15) is 5.75 Å². The first-order chi connectivity index (χ1) is 13.0. The number of dihydropyridines is 1. The molecule has 0 bridgehead atoms. The van der Waals surface area contributed by atoms with Crippen molar-refractivity contribution in [3.8, 4) is 11.8 Å². The highest BCUT2D eigenvalue weighted by Crippen LogP contribution is 2.31. The van der Waals surface area contributed by atoms with Crippen LogP contribution in [0.15, 0.2) is 63.2 Å². The summed E-state index contributed by atoms with van der Waals surface area (Å²) >= 11 is 0. The summed E-state index contributed by atoms with van der Waals surface area (Å²) in [6.45, 7) is 2.91. The van der Waals surface area contributed by atoms with Crippen LogP contribution in [0.25, 0.3) is 0 Å². The molecule has 0 aromatic heterocycles. The summed E-state index contributed by atoms with van der Waals surface area (Å²) in [4.78, 5) is 4.50. The third-order valence-corrected chi connectivity index (χ3v) is 6.76. The van der Waals surface area contributed by atoms with E-state index in [1.165, 1.54) is 4.31 Å². The van der Waals surface area contributed by atoms with Crippen molar-refractivity contribution in [3.63, 3.8) is 0 Å². The quantitative estimate of drug-likeness (QED) is 0.789. The Morgan fingerprint density at radius 1 is 1.33 bits per heavy atom. The molecule has 7 heteroatoms. The molecule has 0 spiro atoms. The van der Waals surface area contributed by atoms with Crippen molar-refractivity contribution in [1.82, 2.24) is 4.31 Å². The Labute approximate surface area is 158 Å². The zero-order valence-corrected chi connectivity index (χ0v) is 15.7. The van der Waals surface area contributed by atoms with Crippen LogP contribution in [0.4, 0.5) is 0 Å². The van der Waals surface area contributed by atoms with Crippen LogP contribution in [0.5, 0.6) is 5.75 Å². The molecular weight excluding hydrogens is 362 g/mol. The Balaban J connectivity index is 1.60. The van der Waals surface area contributed by atoms with E-state index in [-0.39, 0.29) is 0 Å². The molecule has 6 nitrogen and oxygen atoms in total. The number of sulfonamides is 1. The summed E-state index contributed by atoms with van der Waals surface area (Å²) in [5, 5.41) is 8.98. The van der Waals surface area contributed by atoms with Crippen molar-refractivity contribution in [2.24, 2.45) is 4.99 Å². The topological polar surface area (TPSA) is 82.8 Å². The van der Waals surface area contributed by atoms with E-state index < -0.39 is 16.1 Å². The normalized spacial score (nSPS) is 24.2. The van der Waals surface area contributed by atoms with E-state index in [1.807, 2.05) is 19.1 Å². The van der Waals surface area contributed by atoms with Crippen LogP contribution in [-0.4, -0.2) is 38.1 Å². The van der Waals surface area contributed by atoms with Crippen LogP contribution in [-0.2, 0) is 16.4 Å². The van der Waals surface area contributed by atoms with Gasteiger partial charge in [0.2, 0.25) is 0 Å². The maximum absolute atomic E-state index is 13.0. The summed E-state index contributed by atoms with van der Waals surface area (Å²) in [6, 6.07) is 6.71. The number of hydrogen-bond acceptors (Lipinski definition) is 5. The maximum Gasteiger partial charge on any atom is 0.263 e. The van der Waals surface area contributed by atoms with Gasteiger partial charge >= 0.3 is 0 Å². The Morgan fingerprint density at radius 3 is 2.89 bits per heavy atom. The molecule has 0 amide bonds. The van der Waals surface area contributed by atoms with E-state index >= 15 is 0 Å². The van der Waals surface area contributed by atoms with Crippen molar-refractivity contribution < 1.29 is 13.2 Å². The number of aliphatic imine (C=N–C) groups is 1. The lowest BCUT2D eigenvalue weighted by Gasteiger charge is -2.26. The first-order valence-corrected chi connectivity index (χ1v) is 10.2. The van der Waals surface area contributed by atoms with Crippen molar-refractivity contribution in [3.05, 3.63) is 58.8 Å². The van der Waals surface area contributed by atoms with Crippen molar-refractivity contribution in [1.29, 1.82) is 5.26 Å². The predicted octanol–water partition coefficient (Wildman–Crippen LogP) is 2.75. The SMILES string of the molecule is CC1=CC(C#N)N=CC1=C1C=CN(S(=O)(=O)c2ccc3c(c2)CCO3)CC1. The summed E-state index contributed by atoms with van der Waals surface area (Å²) in [5.41, 5.74) is 3.92. The first kappa shape index (κ1) is 17.6. The average Bonchev–Trinajstić information content (AvgIpc) is 3.16. The van der Waals surface area contributed by atoms with Crippen LogP contribution < -0.4 is 4.74 Å². The van der Waals surface area contributed by atoms with Gasteiger partial charge in [-0.25, -0.2) is 8.42 Å². The largest absolute Gasteiger partial charge is 0.493 e. The van der Waals surface area contributed by atoms with Gasteiger partial charge in [-0.05, 0) is 66.0 Å². The number of nitrogens with zero attached hydrogens (tertiary/aromatic N) is 3. The second-order valence-electron chi connectivity index (χ2n) is 6.69. The highest BCUT2D eigenvalue weighted by atomic mass is 32.2. The van der Waals surface area contributed by atoms with Crippen LogP contribution >= 0.6 is 0 Å². The summed E-state index contributed by atoms with van der Waals surface area (Å²) in [6.07, 6.45) is 8.30. The highest BCUT2D eigenvalue weighted by molar-refractivity contribution is 7.89. The number of fused-ring (bicyclic) bond motifs is 1. The minimum absolute atomic E-state index is 0.291. The third kappa shape index (κ3) is 3.17. The first-order valence-electron chi connectivity index (χ1n) is 8.79. The Bertz CT molecular complexity index is 1060. The molecule has 4 rings (SSSR count). The molecule has 1 aromatic carbocycles. The van der Waals surface area contributed by atoms with E-state index in [0.29, 0.717) is 24.5 Å². The second-order valence-corrected chi connectivity index (χ2v) is 8.58. The van der Waals surface area contributed by atoms with Gasteiger partial charge in [-0.2, -0.15) is 5.26 Å². The van der Waals surface area contributed by atoms with Crippen molar-refractivity contribution in [2.45, 2.75) is 30.7 Å². The zero-order valence-electron chi connectivity index (χ0n) is 14.9. The van der Waals surface area contributed by atoms with Crippen LogP contribution in [0.2, 0.25) is 0 Å². The molecule has 0 aliphatic carbocycles. The molecule has 1 atom stereocenters. The Kier molecular flexibility index (Phi) is 4.36. The van der Waals surface area contributed by atoms with Gasteiger partial charge in [-0.1, -0.05) is 0 Å². The van der Waals surface area contributed by atoms with E-state index in [2.05, 4.69) is 11.1 Å². The molecule has 0 fully saturated rings. The van der Waals surface area contributed by atoms with Crippen LogP contribution in [0, 0.1) is 11.3 Å². The standard InChI is InChI=1S/C20H19N3O3S/c1-14-10-17(12-21)22-13-19(14)15-4-7-23(8-5-15)27(24,25)18-2-3-20-16(11-18)6-9-26-20/h2-4,7,10-11,13,17H,5-6,8-9H2,1H3. The molecule has 27 heavy (non-hydrogen) atoms. The van der Waals surface area contributed by atoms with E-state index in [0.717, 1.165) is 34.5 Å². The van der Waals surface area contributed by atoms with Gasteiger partial charge < -0.3 is 4.74 Å². The molecule has 138 valence electrons. The molecule has 1 unspecified atom stereocenters. The monoisotopic (exact) mass is 381 g/mol. The van der Waals surface area contributed by atoms with E-state index in [4.69, 9.17) is 10.00 Å². The maximum atomic E-state index is 13.0. The minimum atomic E-state index is -3.59. The lowest BCUT2D eigenvalue weighted by molar-refractivity contribution is 0.356. The number of benzene rings is 1.